The van der Waals surface area contributed by atoms with Crippen LogP contribution in [0.5, 0.6) is 5.75 Å². The van der Waals surface area contributed by atoms with Crippen molar-refractivity contribution in [2.75, 3.05) is 40.5 Å². The summed E-state index contributed by atoms with van der Waals surface area (Å²) < 4.78 is 9.92. The molecule has 0 aliphatic heterocycles. The van der Waals surface area contributed by atoms with Gasteiger partial charge >= 0.3 is 5.69 Å². The normalized spacial score (nSPS) is 10.2. The number of amides is 1. The van der Waals surface area contributed by atoms with Gasteiger partial charge in [0.1, 0.15) is 0 Å². The van der Waals surface area contributed by atoms with Crippen LogP contribution in [-0.2, 0) is 4.74 Å². The fraction of sp³-hybridized carbons (Fsp3) is 0.462. The molecule has 0 aliphatic carbocycles. The van der Waals surface area contributed by atoms with Crippen LogP contribution in [0.4, 0.5) is 5.69 Å². The highest BCUT2D eigenvalue weighted by molar-refractivity contribution is 5.98. The van der Waals surface area contributed by atoms with Gasteiger partial charge in [0.25, 0.3) is 5.91 Å². The van der Waals surface area contributed by atoms with E-state index in [0.717, 1.165) is 0 Å². The van der Waals surface area contributed by atoms with Crippen LogP contribution in [0.25, 0.3) is 0 Å². The molecule has 1 aromatic rings. The summed E-state index contributed by atoms with van der Waals surface area (Å²) in [7, 11) is 2.76. The van der Waals surface area contributed by atoms with Crippen molar-refractivity contribution in [3.05, 3.63) is 33.9 Å². The molecule has 1 rings (SSSR count). The number of hydrogen-bond acceptors (Lipinski definition) is 6. The zero-order valence-electron chi connectivity index (χ0n) is 11.9. The lowest BCUT2D eigenvalue weighted by Crippen LogP contribution is -2.36. The lowest BCUT2D eigenvalue weighted by Gasteiger charge is -2.22. The number of nitro groups is 1. The first-order valence-electron chi connectivity index (χ1n) is 6.27. The van der Waals surface area contributed by atoms with E-state index in [0.29, 0.717) is 6.61 Å². The van der Waals surface area contributed by atoms with Crippen molar-refractivity contribution in [3.63, 3.8) is 0 Å². The molecule has 8 nitrogen and oxygen atoms in total. The number of methoxy groups -OCH3 is 2. The first-order chi connectivity index (χ1) is 10.1. The van der Waals surface area contributed by atoms with Crippen molar-refractivity contribution >= 4 is 11.6 Å². The zero-order chi connectivity index (χ0) is 15.8. The molecule has 1 aromatic carbocycles. The van der Waals surface area contributed by atoms with Gasteiger partial charge in [-0.1, -0.05) is 6.07 Å². The molecule has 0 bridgehead atoms. The van der Waals surface area contributed by atoms with Crippen molar-refractivity contribution in [2.24, 2.45) is 0 Å². The van der Waals surface area contributed by atoms with Gasteiger partial charge in [0.05, 0.1) is 30.8 Å². The number of nitro benzene ring substituents is 1. The van der Waals surface area contributed by atoms with Gasteiger partial charge in [0.15, 0.2) is 0 Å². The molecule has 0 aromatic heterocycles. The Morgan fingerprint density at radius 3 is 2.62 bits per heavy atom. The second-order valence-electron chi connectivity index (χ2n) is 4.12. The van der Waals surface area contributed by atoms with E-state index in [-0.39, 0.29) is 36.7 Å². The molecule has 21 heavy (non-hydrogen) atoms. The third-order valence-corrected chi connectivity index (χ3v) is 2.85. The monoisotopic (exact) mass is 298 g/mol. The van der Waals surface area contributed by atoms with E-state index in [1.807, 2.05) is 0 Å². The van der Waals surface area contributed by atoms with Crippen LogP contribution in [0.15, 0.2) is 18.2 Å². The number of para-hydroxylation sites is 1. The summed E-state index contributed by atoms with van der Waals surface area (Å²) in [5, 5.41) is 20.0. The largest absolute Gasteiger partial charge is 0.490 e. The lowest BCUT2D eigenvalue weighted by molar-refractivity contribution is -0.385. The average molecular weight is 298 g/mol. The van der Waals surface area contributed by atoms with Crippen LogP contribution in [0, 0.1) is 10.1 Å². The number of carbonyl (C=O) groups excluding carboxylic acids is 1. The molecule has 116 valence electrons. The van der Waals surface area contributed by atoms with Crippen molar-refractivity contribution < 1.29 is 24.3 Å². The Kier molecular flexibility index (Phi) is 6.57. The molecule has 1 N–H and O–H groups in total. The third kappa shape index (κ3) is 4.14. The van der Waals surface area contributed by atoms with Crippen molar-refractivity contribution in [3.8, 4) is 5.75 Å². The summed E-state index contributed by atoms with van der Waals surface area (Å²) in [5.41, 5.74) is -0.199. The average Bonchev–Trinajstić information content (AvgIpc) is 2.49. The predicted octanol–water partition coefficient (Wildman–Crippen LogP) is 0.684. The molecule has 0 atom stereocenters. The zero-order valence-corrected chi connectivity index (χ0v) is 11.9. The van der Waals surface area contributed by atoms with Crippen LogP contribution in [-0.4, -0.2) is 61.4 Å². The van der Waals surface area contributed by atoms with E-state index in [1.165, 1.54) is 37.3 Å². The summed E-state index contributed by atoms with van der Waals surface area (Å²) in [5.74, 6) is -0.547. The minimum atomic E-state index is -0.610. The number of benzene rings is 1. The number of aliphatic hydroxyl groups is 1. The topological polar surface area (TPSA) is 102 Å². The van der Waals surface area contributed by atoms with Crippen LogP contribution in [0.1, 0.15) is 10.4 Å². The first kappa shape index (κ1) is 16.9. The van der Waals surface area contributed by atoms with Gasteiger partial charge < -0.3 is 19.5 Å². The molecule has 8 heteroatoms. The molecular weight excluding hydrogens is 280 g/mol. The summed E-state index contributed by atoms with van der Waals surface area (Å²) in [4.78, 5) is 24.2. The molecule has 0 fully saturated rings. The van der Waals surface area contributed by atoms with Gasteiger partial charge in [0, 0.05) is 26.3 Å². The van der Waals surface area contributed by atoms with Gasteiger partial charge in [-0.15, -0.1) is 0 Å². The fourth-order valence-electron chi connectivity index (χ4n) is 1.86. The Bertz CT molecular complexity index is 505. The fourth-order valence-corrected chi connectivity index (χ4v) is 1.86. The standard InChI is InChI=1S/C13H18N2O6/c1-20-9-7-14(6-8-16)13(17)10-4-3-5-11(15(18)19)12(10)21-2/h3-5,16H,6-9H2,1-2H3. The summed E-state index contributed by atoms with van der Waals surface area (Å²) in [6.07, 6.45) is 0. The van der Waals surface area contributed by atoms with Crippen LogP contribution in [0.3, 0.4) is 0 Å². The Morgan fingerprint density at radius 1 is 1.38 bits per heavy atom. The minimum absolute atomic E-state index is 0.0799. The molecule has 0 heterocycles. The summed E-state index contributed by atoms with van der Waals surface area (Å²) >= 11 is 0. The van der Waals surface area contributed by atoms with Gasteiger partial charge in [-0.2, -0.15) is 0 Å². The second-order valence-corrected chi connectivity index (χ2v) is 4.12. The van der Waals surface area contributed by atoms with Crippen molar-refractivity contribution in [1.29, 1.82) is 0 Å². The SMILES string of the molecule is COCCN(CCO)C(=O)c1cccc([N+](=O)[O-])c1OC. The van der Waals surface area contributed by atoms with E-state index in [4.69, 9.17) is 14.6 Å². The Balaban J connectivity index is 3.14. The number of carbonyl (C=O) groups is 1. The lowest BCUT2D eigenvalue weighted by atomic mass is 10.1. The Morgan fingerprint density at radius 2 is 2.10 bits per heavy atom. The molecule has 0 spiro atoms. The number of rotatable bonds is 8. The van der Waals surface area contributed by atoms with E-state index >= 15 is 0 Å². The Labute approximate surface area is 122 Å². The highest BCUT2D eigenvalue weighted by Gasteiger charge is 2.25. The third-order valence-electron chi connectivity index (χ3n) is 2.85. The molecule has 0 aliphatic rings. The number of hydrogen-bond donors (Lipinski definition) is 1. The second kappa shape index (κ2) is 8.18. The van der Waals surface area contributed by atoms with Crippen LogP contribution in [0.2, 0.25) is 0 Å². The molecule has 0 unspecified atom stereocenters. The molecule has 0 radical (unpaired) electrons. The van der Waals surface area contributed by atoms with Crippen molar-refractivity contribution in [1.82, 2.24) is 4.90 Å². The van der Waals surface area contributed by atoms with E-state index in [2.05, 4.69) is 0 Å². The summed E-state index contributed by atoms with van der Waals surface area (Å²) in [6, 6.07) is 4.13. The van der Waals surface area contributed by atoms with E-state index in [1.54, 1.807) is 0 Å². The molecule has 0 saturated heterocycles. The summed E-state index contributed by atoms with van der Waals surface area (Å²) in [6.45, 7) is 0.450. The molecule has 1 amide bonds. The number of ether oxygens (including phenoxy) is 2. The maximum absolute atomic E-state index is 12.5. The van der Waals surface area contributed by atoms with Gasteiger partial charge in [0.2, 0.25) is 5.75 Å². The van der Waals surface area contributed by atoms with E-state index in [9.17, 15) is 14.9 Å². The highest BCUT2D eigenvalue weighted by atomic mass is 16.6. The van der Waals surface area contributed by atoms with Gasteiger partial charge in [-0.25, -0.2) is 0 Å². The van der Waals surface area contributed by atoms with Gasteiger partial charge in [-0.05, 0) is 6.07 Å². The smallest absolute Gasteiger partial charge is 0.311 e. The molecular formula is C13H18N2O6. The number of nitrogens with zero attached hydrogens (tertiary/aromatic N) is 2. The Hall–Kier alpha value is -2.19. The van der Waals surface area contributed by atoms with E-state index < -0.39 is 10.8 Å². The number of aliphatic hydroxyl groups excluding tert-OH is 1. The maximum atomic E-state index is 12.5. The first-order valence-corrected chi connectivity index (χ1v) is 6.27. The van der Waals surface area contributed by atoms with Crippen LogP contribution >= 0.6 is 0 Å². The van der Waals surface area contributed by atoms with Gasteiger partial charge in [-0.3, -0.25) is 14.9 Å². The minimum Gasteiger partial charge on any atom is -0.490 e. The highest BCUT2D eigenvalue weighted by Crippen LogP contribution is 2.31. The molecule has 0 saturated carbocycles. The van der Waals surface area contributed by atoms with Crippen molar-refractivity contribution in [2.45, 2.75) is 0 Å². The van der Waals surface area contributed by atoms with Crippen LogP contribution < -0.4 is 4.74 Å². The quantitative estimate of drug-likeness (QED) is 0.559. The predicted molar refractivity (Wildman–Crippen MR) is 74.5 cm³/mol. The maximum Gasteiger partial charge on any atom is 0.311 e.